The van der Waals surface area contributed by atoms with Crippen LogP contribution in [-0.4, -0.2) is 39.3 Å². The summed E-state index contributed by atoms with van der Waals surface area (Å²) in [4.78, 5) is 27.6. The first-order chi connectivity index (χ1) is 13.4. The second kappa shape index (κ2) is 8.41. The highest BCUT2D eigenvalue weighted by atomic mass is 35.5. The third-order valence-corrected chi connectivity index (χ3v) is 5.59. The second-order valence-electron chi connectivity index (χ2n) is 5.80. The number of benzene rings is 2. The summed E-state index contributed by atoms with van der Waals surface area (Å²) in [6, 6.07) is 13.3. The van der Waals surface area contributed by atoms with Gasteiger partial charge in [0, 0.05) is 17.1 Å². The van der Waals surface area contributed by atoms with Crippen LogP contribution in [0.2, 0.25) is 5.02 Å². The van der Waals surface area contributed by atoms with Crippen molar-refractivity contribution >= 4 is 39.3 Å². The quantitative estimate of drug-likeness (QED) is 0.681. The number of ether oxygens (including phenoxy) is 1. The molecule has 0 aliphatic carbocycles. The first-order valence-corrected chi connectivity index (χ1v) is 10.1. The molecule has 1 aliphatic rings. The van der Waals surface area contributed by atoms with Gasteiger partial charge in [0.15, 0.2) is 6.61 Å². The molecule has 0 saturated carbocycles. The minimum atomic E-state index is -3.67. The van der Waals surface area contributed by atoms with E-state index in [1.165, 1.54) is 6.07 Å². The lowest BCUT2D eigenvalue weighted by Gasteiger charge is -2.07. The monoisotopic (exact) mass is 421 g/mol. The molecule has 2 N–H and O–H groups in total. The molecule has 0 aromatic heterocycles. The summed E-state index contributed by atoms with van der Waals surface area (Å²) in [7, 11) is -3.67. The van der Waals surface area contributed by atoms with Gasteiger partial charge in [-0.2, -0.15) is 0 Å². The van der Waals surface area contributed by atoms with Crippen molar-refractivity contribution in [2.24, 2.45) is 4.99 Å². The van der Waals surface area contributed by atoms with Crippen LogP contribution in [-0.2, 0) is 30.9 Å². The molecule has 0 radical (unpaired) electrons. The third kappa shape index (κ3) is 4.68. The Labute approximate surface area is 166 Å². The topological polar surface area (TPSA) is 114 Å². The Morgan fingerprint density at radius 1 is 1.11 bits per heavy atom. The van der Waals surface area contributed by atoms with E-state index in [0.717, 1.165) is 5.56 Å². The summed E-state index contributed by atoms with van der Waals surface area (Å²) in [5, 5.41) is 3.11. The highest BCUT2D eigenvalue weighted by molar-refractivity contribution is 7.90. The number of hydrogen-bond acceptors (Lipinski definition) is 6. The fourth-order valence-corrected chi connectivity index (χ4v) is 3.93. The Kier molecular flexibility index (Phi) is 5.96. The Bertz CT molecular complexity index is 1050. The van der Waals surface area contributed by atoms with Gasteiger partial charge in [-0.3, -0.25) is 19.3 Å². The third-order valence-electron chi connectivity index (χ3n) is 3.83. The normalized spacial score (nSPS) is 15.5. The summed E-state index contributed by atoms with van der Waals surface area (Å²) in [5.74, 6) is -1.19. The number of nitrogens with zero attached hydrogens (tertiary/aromatic N) is 1. The van der Waals surface area contributed by atoms with Crippen LogP contribution in [0, 0.1) is 0 Å². The molecular formula is C18H16ClN3O5S. The van der Waals surface area contributed by atoms with Crippen molar-refractivity contribution < 1.29 is 22.7 Å². The van der Waals surface area contributed by atoms with Gasteiger partial charge in [-0.05, 0) is 23.8 Å². The molecule has 1 aliphatic heterocycles. The first-order valence-electron chi connectivity index (χ1n) is 8.19. The van der Waals surface area contributed by atoms with E-state index in [4.69, 9.17) is 16.3 Å². The number of carbonyl (C=O) groups excluding carboxylic acids is 2. The molecule has 28 heavy (non-hydrogen) atoms. The highest BCUT2D eigenvalue weighted by Crippen LogP contribution is 2.22. The Hall–Kier alpha value is -2.91. The molecule has 0 spiro atoms. The fraction of sp³-hybridized carbons (Fsp3) is 0.167. The van der Waals surface area contributed by atoms with Gasteiger partial charge in [0.1, 0.15) is 12.4 Å². The van der Waals surface area contributed by atoms with E-state index in [-0.39, 0.29) is 17.3 Å². The molecule has 0 bridgehead atoms. The molecule has 8 nitrogen and oxygen atoms in total. The smallest absolute Gasteiger partial charge is 0.328 e. The maximum Gasteiger partial charge on any atom is 0.328 e. The summed E-state index contributed by atoms with van der Waals surface area (Å²) in [5.41, 5.74) is 1.12. The second-order valence-corrected chi connectivity index (χ2v) is 7.85. The number of esters is 1. The van der Waals surface area contributed by atoms with Crippen LogP contribution in [0.25, 0.3) is 0 Å². The van der Waals surface area contributed by atoms with Crippen LogP contribution in [0.1, 0.15) is 11.1 Å². The van der Waals surface area contributed by atoms with Crippen molar-refractivity contribution in [3.63, 3.8) is 0 Å². The number of rotatable bonds is 6. The van der Waals surface area contributed by atoms with Crippen LogP contribution < -0.4 is 10.0 Å². The van der Waals surface area contributed by atoms with Gasteiger partial charge >= 0.3 is 5.97 Å². The van der Waals surface area contributed by atoms with E-state index in [0.29, 0.717) is 10.6 Å². The lowest BCUT2D eigenvalue weighted by Crippen LogP contribution is -2.29. The number of sulfonamides is 1. The molecule has 146 valence electrons. The number of fused-ring (bicyclic) bond motifs is 1. The number of amides is 1. The molecule has 1 heterocycles. The van der Waals surface area contributed by atoms with Gasteiger partial charge in [-0.1, -0.05) is 41.9 Å². The summed E-state index contributed by atoms with van der Waals surface area (Å²) >= 11 is 5.99. The predicted molar refractivity (Wildman–Crippen MR) is 102 cm³/mol. The van der Waals surface area contributed by atoms with Gasteiger partial charge in [0.05, 0.1) is 4.90 Å². The zero-order chi connectivity index (χ0) is 20.1. The van der Waals surface area contributed by atoms with E-state index in [9.17, 15) is 18.0 Å². The van der Waals surface area contributed by atoms with Crippen LogP contribution >= 0.6 is 11.6 Å². The van der Waals surface area contributed by atoms with Crippen LogP contribution in [0.3, 0.4) is 0 Å². The van der Waals surface area contributed by atoms with Crippen molar-refractivity contribution in [3.8, 4) is 0 Å². The minimum Gasteiger partial charge on any atom is -0.454 e. The predicted octanol–water partition coefficient (Wildman–Crippen LogP) is 1.24. The van der Waals surface area contributed by atoms with Gasteiger partial charge in [-0.25, -0.2) is 8.42 Å². The number of aliphatic imine (C=N–C) groups is 1. The standard InChI is InChI=1S/C18H16ClN3O5S/c19-14-7-3-1-5-12(14)9-20-16(23)11-27-17(24)10-21-18-13-6-2-4-8-15(13)28(25,26)22-18/h1-8H,9-11H2,(H,20,23)(H,21,22). The van der Waals surface area contributed by atoms with Crippen molar-refractivity contribution in [2.45, 2.75) is 11.4 Å². The van der Waals surface area contributed by atoms with Crippen molar-refractivity contribution in [3.05, 3.63) is 64.7 Å². The first kappa shape index (κ1) is 19.8. The Balaban J connectivity index is 1.49. The summed E-state index contributed by atoms with van der Waals surface area (Å²) in [6.45, 7) is -0.697. The Morgan fingerprint density at radius 2 is 1.82 bits per heavy atom. The molecule has 0 unspecified atom stereocenters. The molecule has 1 amide bonds. The minimum absolute atomic E-state index is 0.0655. The average molecular weight is 422 g/mol. The summed E-state index contributed by atoms with van der Waals surface area (Å²) < 4.78 is 31.1. The molecule has 2 aromatic rings. The number of hydrogen-bond donors (Lipinski definition) is 2. The highest BCUT2D eigenvalue weighted by Gasteiger charge is 2.30. The number of halogens is 1. The van der Waals surface area contributed by atoms with E-state index < -0.39 is 35.1 Å². The van der Waals surface area contributed by atoms with Gasteiger partial charge < -0.3 is 10.1 Å². The van der Waals surface area contributed by atoms with E-state index >= 15 is 0 Å². The number of nitrogens with one attached hydrogen (secondary N) is 2. The lowest BCUT2D eigenvalue weighted by molar-refractivity contribution is -0.147. The van der Waals surface area contributed by atoms with Crippen LogP contribution in [0.5, 0.6) is 0 Å². The SMILES string of the molecule is O=C(COC(=O)CN=C1NS(=O)(=O)c2ccccc21)NCc1ccccc1Cl. The van der Waals surface area contributed by atoms with E-state index in [2.05, 4.69) is 15.0 Å². The van der Waals surface area contributed by atoms with Crippen molar-refractivity contribution in [2.75, 3.05) is 13.2 Å². The van der Waals surface area contributed by atoms with Crippen LogP contribution in [0.4, 0.5) is 0 Å². The molecule has 0 atom stereocenters. The van der Waals surface area contributed by atoms with Gasteiger partial charge in [-0.15, -0.1) is 0 Å². The maximum atomic E-state index is 12.0. The molecule has 3 rings (SSSR count). The fourth-order valence-electron chi connectivity index (χ4n) is 2.47. The maximum absolute atomic E-state index is 12.0. The molecular weight excluding hydrogens is 406 g/mol. The van der Waals surface area contributed by atoms with Crippen LogP contribution in [0.15, 0.2) is 58.4 Å². The lowest BCUT2D eigenvalue weighted by atomic mass is 10.2. The van der Waals surface area contributed by atoms with Crippen molar-refractivity contribution in [1.29, 1.82) is 0 Å². The van der Waals surface area contributed by atoms with Gasteiger partial charge in [0.25, 0.3) is 15.9 Å². The average Bonchev–Trinajstić information content (AvgIpc) is 2.95. The molecule has 10 heteroatoms. The number of amidine groups is 1. The Morgan fingerprint density at radius 3 is 2.61 bits per heavy atom. The van der Waals surface area contributed by atoms with E-state index in [1.807, 2.05) is 0 Å². The largest absolute Gasteiger partial charge is 0.454 e. The molecule has 0 saturated heterocycles. The molecule has 2 aromatic carbocycles. The number of carbonyl (C=O) groups is 2. The zero-order valence-corrected chi connectivity index (χ0v) is 16.1. The molecule has 0 fully saturated rings. The summed E-state index contributed by atoms with van der Waals surface area (Å²) in [6.07, 6.45) is 0. The zero-order valence-electron chi connectivity index (χ0n) is 14.5. The van der Waals surface area contributed by atoms with E-state index in [1.54, 1.807) is 42.5 Å². The van der Waals surface area contributed by atoms with Crippen molar-refractivity contribution in [1.82, 2.24) is 10.0 Å². The van der Waals surface area contributed by atoms with Gasteiger partial charge in [0.2, 0.25) is 0 Å².